The summed E-state index contributed by atoms with van der Waals surface area (Å²) in [5.41, 5.74) is 2.12. The maximum Gasteiger partial charge on any atom is 0.133 e. The fourth-order valence-corrected chi connectivity index (χ4v) is 4.38. The Morgan fingerprint density at radius 1 is 0.722 bits per heavy atom. The Hall–Kier alpha value is -2.01. The molecule has 0 aliphatic carbocycles. The molecule has 0 saturated heterocycles. The molecule has 0 unspecified atom stereocenters. The zero-order valence-corrected chi connectivity index (χ0v) is 22.4. The highest BCUT2D eigenvalue weighted by Crippen LogP contribution is 2.16. The first-order valence-corrected chi connectivity index (χ1v) is 14.2. The van der Waals surface area contributed by atoms with Crippen LogP contribution in [-0.2, 0) is 27.5 Å². The maximum absolute atomic E-state index is 12.5. The van der Waals surface area contributed by atoms with E-state index in [4.69, 9.17) is 9.47 Å². The van der Waals surface area contributed by atoms with Gasteiger partial charge in [0.15, 0.2) is 0 Å². The average molecular weight is 497 g/mol. The van der Waals surface area contributed by atoms with Gasteiger partial charge in [-0.15, -0.1) is 0 Å². The van der Waals surface area contributed by atoms with Crippen LogP contribution in [0.15, 0.2) is 60.7 Å². The van der Waals surface area contributed by atoms with Crippen LogP contribution in [-0.4, -0.2) is 29.7 Å². The number of hydrogen-bond acceptors (Lipinski definition) is 4. The number of rotatable bonds is 22. The number of carbonyl (C=O) groups excluding carboxylic acids is 1. The van der Waals surface area contributed by atoms with Gasteiger partial charge in [0.05, 0.1) is 25.9 Å². The van der Waals surface area contributed by atoms with E-state index in [1.54, 1.807) is 0 Å². The second kappa shape index (κ2) is 20.1. The standard InChI is InChI=1S/C32H48O4/c1-2-3-4-5-6-7-8-9-10-17-22-30(33)23-24-32(36-26-29-20-15-12-16-21-29)31(34)27-35-25-28-18-13-11-14-19-28/h11-16,18-21,31-32,34H,2-10,17,22-27H2,1H3/t31-,32-/m1/s1. The minimum Gasteiger partial charge on any atom is -0.388 e. The summed E-state index contributed by atoms with van der Waals surface area (Å²) in [5, 5.41) is 10.8. The van der Waals surface area contributed by atoms with Crippen molar-refractivity contribution in [3.63, 3.8) is 0 Å². The van der Waals surface area contributed by atoms with Gasteiger partial charge in [0.1, 0.15) is 11.9 Å². The number of ether oxygens (including phenoxy) is 2. The van der Waals surface area contributed by atoms with Gasteiger partial charge < -0.3 is 14.6 Å². The Bertz CT molecular complexity index is 777. The summed E-state index contributed by atoms with van der Waals surface area (Å²) in [6.45, 7) is 3.29. The number of hydrogen-bond donors (Lipinski definition) is 1. The molecule has 0 amide bonds. The van der Waals surface area contributed by atoms with E-state index >= 15 is 0 Å². The zero-order chi connectivity index (χ0) is 25.7. The van der Waals surface area contributed by atoms with Crippen molar-refractivity contribution < 1.29 is 19.4 Å². The van der Waals surface area contributed by atoms with Crippen molar-refractivity contribution in [3.05, 3.63) is 71.8 Å². The Labute approximate surface area is 219 Å². The largest absolute Gasteiger partial charge is 0.388 e. The molecule has 0 aliphatic rings. The Kier molecular flexibility index (Phi) is 16.9. The van der Waals surface area contributed by atoms with Crippen molar-refractivity contribution in [2.45, 2.75) is 116 Å². The summed E-state index contributed by atoms with van der Waals surface area (Å²) in [6.07, 6.45) is 13.0. The fraction of sp³-hybridized carbons (Fsp3) is 0.594. The molecule has 2 aromatic rings. The monoisotopic (exact) mass is 496 g/mol. The molecule has 0 heterocycles. The van der Waals surface area contributed by atoms with E-state index in [1.807, 2.05) is 60.7 Å². The fourth-order valence-electron chi connectivity index (χ4n) is 4.38. The van der Waals surface area contributed by atoms with E-state index in [0.29, 0.717) is 32.5 Å². The lowest BCUT2D eigenvalue weighted by Gasteiger charge is -2.23. The highest BCUT2D eigenvalue weighted by atomic mass is 16.5. The minimum atomic E-state index is -0.775. The summed E-state index contributed by atoms with van der Waals surface area (Å²) in [6, 6.07) is 19.9. The quantitative estimate of drug-likeness (QED) is 0.169. The molecule has 0 radical (unpaired) electrons. The van der Waals surface area contributed by atoms with Gasteiger partial charge in [-0.05, 0) is 24.0 Å². The van der Waals surface area contributed by atoms with Crippen molar-refractivity contribution in [2.24, 2.45) is 0 Å². The number of ketones is 1. The van der Waals surface area contributed by atoms with Crippen LogP contribution in [0.2, 0.25) is 0 Å². The predicted molar refractivity (Wildman–Crippen MR) is 148 cm³/mol. The van der Waals surface area contributed by atoms with Crippen molar-refractivity contribution in [2.75, 3.05) is 6.61 Å². The van der Waals surface area contributed by atoms with Crippen LogP contribution in [0, 0.1) is 0 Å². The van der Waals surface area contributed by atoms with Crippen LogP contribution < -0.4 is 0 Å². The number of unbranched alkanes of at least 4 members (excludes halogenated alkanes) is 9. The molecule has 4 heteroatoms. The maximum atomic E-state index is 12.5. The SMILES string of the molecule is CCCCCCCCCCCCC(=O)CC[C@@H](OCc1ccccc1)[C@H](O)COCc1ccccc1. The summed E-state index contributed by atoms with van der Waals surface area (Å²) >= 11 is 0. The van der Waals surface area contributed by atoms with Crippen molar-refractivity contribution in [3.8, 4) is 0 Å². The lowest BCUT2D eigenvalue weighted by molar-refractivity contribution is -0.122. The highest BCUT2D eigenvalue weighted by molar-refractivity contribution is 5.78. The van der Waals surface area contributed by atoms with E-state index in [-0.39, 0.29) is 12.4 Å². The lowest BCUT2D eigenvalue weighted by Crippen LogP contribution is -2.33. The summed E-state index contributed by atoms with van der Waals surface area (Å²) in [7, 11) is 0. The average Bonchev–Trinajstić information content (AvgIpc) is 2.91. The number of aliphatic hydroxyl groups excluding tert-OH is 1. The molecule has 4 nitrogen and oxygen atoms in total. The first-order valence-electron chi connectivity index (χ1n) is 14.2. The molecular weight excluding hydrogens is 448 g/mol. The second-order valence-electron chi connectivity index (χ2n) is 9.91. The van der Waals surface area contributed by atoms with Crippen LogP contribution in [0.1, 0.15) is 102 Å². The lowest BCUT2D eigenvalue weighted by atomic mass is 10.0. The Balaban J connectivity index is 1.66. The molecule has 0 spiro atoms. The molecule has 0 saturated carbocycles. The predicted octanol–water partition coefficient (Wildman–Crippen LogP) is 7.81. The van der Waals surface area contributed by atoms with E-state index in [2.05, 4.69) is 6.92 Å². The molecule has 2 aromatic carbocycles. The van der Waals surface area contributed by atoms with Crippen LogP contribution >= 0.6 is 0 Å². The summed E-state index contributed by atoms with van der Waals surface area (Å²) in [5.74, 6) is 0.264. The van der Waals surface area contributed by atoms with E-state index in [1.165, 1.54) is 51.4 Å². The normalized spacial score (nSPS) is 12.9. The van der Waals surface area contributed by atoms with Gasteiger partial charge in [0, 0.05) is 12.8 Å². The summed E-state index contributed by atoms with van der Waals surface area (Å²) in [4.78, 5) is 12.5. The second-order valence-corrected chi connectivity index (χ2v) is 9.91. The number of carbonyl (C=O) groups is 1. The summed E-state index contributed by atoms with van der Waals surface area (Å²) < 4.78 is 11.8. The third kappa shape index (κ3) is 14.5. The van der Waals surface area contributed by atoms with Gasteiger partial charge in [-0.3, -0.25) is 4.79 Å². The van der Waals surface area contributed by atoms with Gasteiger partial charge in [-0.2, -0.15) is 0 Å². The van der Waals surface area contributed by atoms with Crippen molar-refractivity contribution in [1.82, 2.24) is 0 Å². The minimum absolute atomic E-state index is 0.182. The molecule has 2 atom stereocenters. The third-order valence-electron chi connectivity index (χ3n) is 6.65. The number of benzene rings is 2. The van der Waals surface area contributed by atoms with Crippen LogP contribution in [0.5, 0.6) is 0 Å². The van der Waals surface area contributed by atoms with E-state index < -0.39 is 12.2 Å². The topological polar surface area (TPSA) is 55.8 Å². The molecule has 36 heavy (non-hydrogen) atoms. The molecule has 1 N–H and O–H groups in total. The number of aliphatic hydroxyl groups is 1. The molecular formula is C32H48O4. The van der Waals surface area contributed by atoms with Crippen molar-refractivity contribution in [1.29, 1.82) is 0 Å². The van der Waals surface area contributed by atoms with Gasteiger partial charge in [0.2, 0.25) is 0 Å². The van der Waals surface area contributed by atoms with Gasteiger partial charge >= 0.3 is 0 Å². The molecule has 200 valence electrons. The molecule has 2 rings (SSSR count). The van der Waals surface area contributed by atoms with Crippen LogP contribution in [0.25, 0.3) is 0 Å². The van der Waals surface area contributed by atoms with E-state index in [9.17, 15) is 9.90 Å². The van der Waals surface area contributed by atoms with Gasteiger partial charge in [0.25, 0.3) is 0 Å². The smallest absolute Gasteiger partial charge is 0.133 e. The third-order valence-corrected chi connectivity index (χ3v) is 6.65. The highest BCUT2D eigenvalue weighted by Gasteiger charge is 2.21. The zero-order valence-electron chi connectivity index (χ0n) is 22.4. The molecule has 0 fully saturated rings. The van der Waals surface area contributed by atoms with Gasteiger partial charge in [-0.1, -0.05) is 125 Å². The van der Waals surface area contributed by atoms with Crippen LogP contribution in [0.3, 0.4) is 0 Å². The molecule has 0 aromatic heterocycles. The molecule has 0 aliphatic heterocycles. The first-order chi connectivity index (χ1) is 17.7. The van der Waals surface area contributed by atoms with Gasteiger partial charge in [-0.25, -0.2) is 0 Å². The van der Waals surface area contributed by atoms with Crippen LogP contribution in [0.4, 0.5) is 0 Å². The Morgan fingerprint density at radius 3 is 1.83 bits per heavy atom. The van der Waals surface area contributed by atoms with Crippen molar-refractivity contribution >= 4 is 5.78 Å². The van der Waals surface area contributed by atoms with E-state index in [0.717, 1.165) is 24.0 Å². The first kappa shape index (κ1) is 30.2. The Morgan fingerprint density at radius 2 is 1.25 bits per heavy atom. The number of Topliss-reactive ketones (excluding diaryl/α,β-unsaturated/α-hetero) is 1. The molecule has 0 bridgehead atoms.